The lowest BCUT2D eigenvalue weighted by atomic mass is 10.1. The molecule has 3 N–H and O–H groups in total. The van der Waals surface area contributed by atoms with E-state index in [-0.39, 0.29) is 24.0 Å². The van der Waals surface area contributed by atoms with Gasteiger partial charge in [-0.05, 0) is 44.1 Å². The molecule has 1 fully saturated rings. The number of pyridine rings is 1. The van der Waals surface area contributed by atoms with Crippen LogP contribution in [-0.4, -0.2) is 23.6 Å². The van der Waals surface area contributed by atoms with Gasteiger partial charge in [-0.25, -0.2) is 9.98 Å². The molecule has 130 valence electrons. The second-order valence-corrected chi connectivity index (χ2v) is 6.30. The van der Waals surface area contributed by atoms with E-state index in [4.69, 9.17) is 10.5 Å². The fraction of sp³-hybridized carbons (Fsp3) is 0.647. The Morgan fingerprint density at radius 1 is 1.43 bits per heavy atom. The Kier molecular flexibility index (Phi) is 9.28. The summed E-state index contributed by atoms with van der Waals surface area (Å²) >= 11 is 0. The summed E-state index contributed by atoms with van der Waals surface area (Å²) < 4.78 is 6.01. The second-order valence-electron chi connectivity index (χ2n) is 6.30. The molecule has 1 aliphatic rings. The summed E-state index contributed by atoms with van der Waals surface area (Å²) in [6.45, 7) is 5.73. The van der Waals surface area contributed by atoms with Crippen molar-refractivity contribution >= 4 is 29.9 Å². The van der Waals surface area contributed by atoms with Crippen LogP contribution in [0.4, 0.5) is 0 Å². The number of nitrogens with zero attached hydrogens (tertiary/aromatic N) is 2. The summed E-state index contributed by atoms with van der Waals surface area (Å²) in [7, 11) is 0. The number of rotatable bonds is 7. The maximum absolute atomic E-state index is 6.01. The van der Waals surface area contributed by atoms with Crippen LogP contribution in [0.2, 0.25) is 0 Å². The molecule has 0 radical (unpaired) electrons. The predicted molar refractivity (Wildman–Crippen MR) is 105 cm³/mol. The number of nitrogens with one attached hydrogen (secondary N) is 1. The number of ether oxygens (including phenoxy) is 1. The fourth-order valence-electron chi connectivity index (χ4n) is 2.53. The van der Waals surface area contributed by atoms with Gasteiger partial charge in [0.05, 0.1) is 6.54 Å². The molecule has 1 aliphatic carbocycles. The summed E-state index contributed by atoms with van der Waals surface area (Å²) in [6, 6.07) is 3.91. The van der Waals surface area contributed by atoms with Crippen molar-refractivity contribution in [2.75, 3.05) is 6.54 Å². The number of guanidine groups is 1. The minimum absolute atomic E-state index is 0. The van der Waals surface area contributed by atoms with Gasteiger partial charge >= 0.3 is 0 Å². The summed E-state index contributed by atoms with van der Waals surface area (Å²) in [5, 5.41) is 3.14. The van der Waals surface area contributed by atoms with E-state index in [1.165, 1.54) is 12.8 Å². The molecule has 1 aromatic heterocycles. The van der Waals surface area contributed by atoms with E-state index in [9.17, 15) is 0 Å². The maximum Gasteiger partial charge on any atom is 0.218 e. The molecule has 0 aromatic carbocycles. The standard InChI is InChI=1S/C17H28N4O.HI/c1-13(2)9-11-20-17(18)21-12-14-6-5-10-19-16(14)22-15-7-3-4-8-15;/h5-6,10,13,15H,3-4,7-9,11-12H2,1-2H3,(H3,18,20,21);1H. The van der Waals surface area contributed by atoms with Crippen molar-refractivity contribution in [3.05, 3.63) is 23.9 Å². The van der Waals surface area contributed by atoms with Crippen LogP contribution in [0.3, 0.4) is 0 Å². The van der Waals surface area contributed by atoms with Crippen molar-refractivity contribution in [1.29, 1.82) is 0 Å². The lowest BCUT2D eigenvalue weighted by Crippen LogP contribution is -2.32. The van der Waals surface area contributed by atoms with Crippen LogP contribution >= 0.6 is 24.0 Å². The molecule has 0 saturated heterocycles. The van der Waals surface area contributed by atoms with E-state index in [0.29, 0.717) is 30.4 Å². The number of hydrogen-bond donors (Lipinski definition) is 2. The Balaban J connectivity index is 0.00000264. The molecule has 1 saturated carbocycles. The monoisotopic (exact) mass is 432 g/mol. The van der Waals surface area contributed by atoms with Crippen molar-refractivity contribution in [2.24, 2.45) is 16.6 Å². The first-order chi connectivity index (χ1) is 10.6. The summed E-state index contributed by atoms with van der Waals surface area (Å²) in [6.07, 6.45) is 7.89. The van der Waals surface area contributed by atoms with E-state index >= 15 is 0 Å². The Bertz CT molecular complexity index is 487. The third kappa shape index (κ3) is 7.37. The zero-order valence-corrected chi connectivity index (χ0v) is 16.5. The molecule has 0 aliphatic heterocycles. The molecule has 0 atom stereocenters. The minimum atomic E-state index is 0. The molecular formula is C17H29IN4O. The molecule has 5 nitrogen and oxygen atoms in total. The molecule has 2 rings (SSSR count). The van der Waals surface area contributed by atoms with Crippen LogP contribution < -0.4 is 15.8 Å². The Morgan fingerprint density at radius 3 is 2.87 bits per heavy atom. The Hall–Kier alpha value is -1.05. The molecular weight excluding hydrogens is 403 g/mol. The largest absolute Gasteiger partial charge is 0.474 e. The van der Waals surface area contributed by atoms with Crippen LogP contribution in [0.15, 0.2) is 23.3 Å². The minimum Gasteiger partial charge on any atom is -0.474 e. The SMILES string of the molecule is CC(C)CCNC(N)=NCc1cccnc1OC1CCCC1.I. The van der Waals surface area contributed by atoms with Crippen LogP contribution in [-0.2, 0) is 6.54 Å². The zero-order chi connectivity index (χ0) is 15.8. The van der Waals surface area contributed by atoms with Crippen LogP contribution in [0.1, 0.15) is 51.5 Å². The Morgan fingerprint density at radius 2 is 2.17 bits per heavy atom. The molecule has 1 heterocycles. The highest BCUT2D eigenvalue weighted by Gasteiger charge is 2.18. The quantitative estimate of drug-likeness (QED) is 0.393. The van der Waals surface area contributed by atoms with Crippen molar-refractivity contribution in [3.63, 3.8) is 0 Å². The van der Waals surface area contributed by atoms with Crippen molar-refractivity contribution in [2.45, 2.75) is 58.6 Å². The van der Waals surface area contributed by atoms with E-state index in [1.54, 1.807) is 6.20 Å². The van der Waals surface area contributed by atoms with Gasteiger partial charge in [-0.1, -0.05) is 19.9 Å². The van der Waals surface area contributed by atoms with Gasteiger partial charge in [0.25, 0.3) is 0 Å². The molecule has 0 bridgehead atoms. The lowest BCUT2D eigenvalue weighted by molar-refractivity contribution is 0.199. The van der Waals surface area contributed by atoms with Gasteiger partial charge in [-0.3, -0.25) is 0 Å². The maximum atomic E-state index is 6.01. The Labute approximate surface area is 156 Å². The third-order valence-corrected chi connectivity index (χ3v) is 3.88. The van der Waals surface area contributed by atoms with Gasteiger partial charge in [0.2, 0.25) is 5.88 Å². The van der Waals surface area contributed by atoms with Gasteiger partial charge in [-0.15, -0.1) is 24.0 Å². The molecule has 0 unspecified atom stereocenters. The van der Waals surface area contributed by atoms with Gasteiger partial charge < -0.3 is 15.8 Å². The van der Waals surface area contributed by atoms with E-state index < -0.39 is 0 Å². The number of aromatic nitrogens is 1. The number of nitrogens with two attached hydrogens (primary N) is 1. The first kappa shape index (κ1) is 20.0. The topological polar surface area (TPSA) is 72.5 Å². The molecule has 0 spiro atoms. The van der Waals surface area contributed by atoms with Gasteiger partial charge in [-0.2, -0.15) is 0 Å². The van der Waals surface area contributed by atoms with Crippen molar-refractivity contribution in [3.8, 4) is 5.88 Å². The van der Waals surface area contributed by atoms with Gasteiger partial charge in [0.1, 0.15) is 6.10 Å². The average Bonchev–Trinajstić information content (AvgIpc) is 2.99. The summed E-state index contributed by atoms with van der Waals surface area (Å²) in [5.74, 6) is 1.84. The average molecular weight is 432 g/mol. The number of aliphatic imine (C=N–C) groups is 1. The highest BCUT2D eigenvalue weighted by molar-refractivity contribution is 14.0. The third-order valence-electron chi connectivity index (χ3n) is 3.88. The smallest absolute Gasteiger partial charge is 0.218 e. The van der Waals surface area contributed by atoms with Crippen LogP contribution in [0, 0.1) is 5.92 Å². The highest BCUT2D eigenvalue weighted by Crippen LogP contribution is 2.25. The lowest BCUT2D eigenvalue weighted by Gasteiger charge is -2.14. The van der Waals surface area contributed by atoms with E-state index in [0.717, 1.165) is 31.4 Å². The molecule has 1 aromatic rings. The summed E-state index contributed by atoms with van der Waals surface area (Å²) in [4.78, 5) is 8.74. The first-order valence-corrected chi connectivity index (χ1v) is 8.29. The highest BCUT2D eigenvalue weighted by atomic mass is 127. The molecule has 6 heteroatoms. The van der Waals surface area contributed by atoms with Gasteiger partial charge in [0.15, 0.2) is 5.96 Å². The van der Waals surface area contributed by atoms with Crippen LogP contribution in [0.5, 0.6) is 5.88 Å². The zero-order valence-electron chi connectivity index (χ0n) is 14.1. The summed E-state index contributed by atoms with van der Waals surface area (Å²) in [5.41, 5.74) is 6.89. The molecule has 23 heavy (non-hydrogen) atoms. The fourth-order valence-corrected chi connectivity index (χ4v) is 2.53. The van der Waals surface area contributed by atoms with Crippen LogP contribution in [0.25, 0.3) is 0 Å². The van der Waals surface area contributed by atoms with Crippen molar-refractivity contribution < 1.29 is 4.74 Å². The molecule has 0 amide bonds. The predicted octanol–water partition coefficient (Wildman–Crippen LogP) is 3.47. The van der Waals surface area contributed by atoms with E-state index in [1.807, 2.05) is 12.1 Å². The number of halogens is 1. The second kappa shape index (κ2) is 10.7. The first-order valence-electron chi connectivity index (χ1n) is 8.29. The van der Waals surface area contributed by atoms with Gasteiger partial charge in [0, 0.05) is 18.3 Å². The number of hydrogen-bond acceptors (Lipinski definition) is 3. The normalized spacial score (nSPS) is 15.5. The van der Waals surface area contributed by atoms with Crippen molar-refractivity contribution in [1.82, 2.24) is 10.3 Å². The van der Waals surface area contributed by atoms with E-state index in [2.05, 4.69) is 29.1 Å².